The molecule has 0 N–H and O–H groups in total. The van der Waals surface area contributed by atoms with Crippen LogP contribution in [-0.4, -0.2) is 6.71 Å². The first-order chi connectivity index (χ1) is 25.8. The van der Waals surface area contributed by atoms with E-state index in [1.807, 2.05) is 0 Å². The van der Waals surface area contributed by atoms with Gasteiger partial charge in [0.2, 0.25) is 6.71 Å². The van der Waals surface area contributed by atoms with Gasteiger partial charge >= 0.3 is 0 Å². The zero-order chi connectivity index (χ0) is 34.7. The van der Waals surface area contributed by atoms with E-state index in [-0.39, 0.29) is 12.5 Å². The van der Waals surface area contributed by atoms with Crippen LogP contribution in [-0.2, 0) is 0 Å². The van der Waals surface area contributed by atoms with E-state index >= 15 is 0 Å². The van der Waals surface area contributed by atoms with E-state index < -0.39 is 0 Å². The first-order valence-corrected chi connectivity index (χ1v) is 18.0. The van der Waals surface area contributed by atoms with E-state index in [1.54, 1.807) is 0 Å². The molecule has 2 nitrogen and oxygen atoms in total. The molecule has 0 saturated carbocycles. The number of fused-ring (bicyclic) bond motifs is 2. The number of benzene rings is 7. The Kier molecular flexibility index (Phi) is 8.44. The summed E-state index contributed by atoms with van der Waals surface area (Å²) in [5, 5.41) is 0. The first-order valence-electron chi connectivity index (χ1n) is 18.0. The van der Waals surface area contributed by atoms with Crippen LogP contribution in [0.3, 0.4) is 0 Å². The molecule has 0 amide bonds. The van der Waals surface area contributed by atoms with Gasteiger partial charge in [-0.3, -0.25) is 0 Å². The minimum atomic E-state index is 0.0277. The summed E-state index contributed by atoms with van der Waals surface area (Å²) in [6, 6.07) is 67.9. The maximum absolute atomic E-state index is 2.49. The predicted molar refractivity (Wildman–Crippen MR) is 222 cm³/mol. The molecular formula is C49H37BN2. The monoisotopic (exact) mass is 664 g/mol. The molecule has 2 aliphatic rings. The fourth-order valence-corrected chi connectivity index (χ4v) is 8.02. The Morgan fingerprint density at radius 1 is 0.462 bits per heavy atom. The molecule has 1 aliphatic carbocycles. The second-order valence-corrected chi connectivity index (χ2v) is 13.3. The highest BCUT2D eigenvalue weighted by Gasteiger charge is 2.43. The summed E-state index contributed by atoms with van der Waals surface area (Å²) in [6.45, 7) is 0.0277. The number of anilines is 5. The topological polar surface area (TPSA) is 6.48 Å². The van der Waals surface area contributed by atoms with Crippen LogP contribution in [0.2, 0.25) is 5.82 Å². The zero-order valence-electron chi connectivity index (χ0n) is 28.8. The third-order valence-electron chi connectivity index (χ3n) is 10.2. The van der Waals surface area contributed by atoms with Crippen molar-refractivity contribution in [2.45, 2.75) is 5.82 Å². The van der Waals surface area contributed by atoms with Crippen LogP contribution in [0.15, 0.2) is 224 Å². The maximum Gasteiger partial charge on any atom is 0.226 e. The van der Waals surface area contributed by atoms with E-state index in [9.17, 15) is 0 Å². The van der Waals surface area contributed by atoms with Crippen LogP contribution >= 0.6 is 0 Å². The summed E-state index contributed by atoms with van der Waals surface area (Å²) in [4.78, 5) is 4.85. The molecule has 52 heavy (non-hydrogen) atoms. The molecule has 1 heterocycles. The van der Waals surface area contributed by atoms with Gasteiger partial charge in [0.25, 0.3) is 0 Å². The molecule has 7 aromatic rings. The zero-order valence-corrected chi connectivity index (χ0v) is 28.8. The molecule has 246 valence electrons. The van der Waals surface area contributed by atoms with Gasteiger partial charge in [0.15, 0.2) is 0 Å². The van der Waals surface area contributed by atoms with Gasteiger partial charge in [-0.1, -0.05) is 169 Å². The van der Waals surface area contributed by atoms with Crippen molar-refractivity contribution in [3.8, 4) is 22.3 Å². The second kappa shape index (κ2) is 14.0. The molecule has 7 aromatic carbocycles. The highest BCUT2D eigenvalue weighted by molar-refractivity contribution is 6.90. The molecule has 0 saturated heterocycles. The Hall–Kier alpha value is -6.58. The summed E-state index contributed by atoms with van der Waals surface area (Å²) < 4.78 is 0. The summed E-state index contributed by atoms with van der Waals surface area (Å²) >= 11 is 0. The second-order valence-electron chi connectivity index (χ2n) is 13.3. The highest BCUT2D eigenvalue weighted by atomic mass is 15.2. The van der Waals surface area contributed by atoms with Gasteiger partial charge in [-0.25, -0.2) is 0 Å². The average molecular weight is 665 g/mol. The Balaban J connectivity index is 1.35. The van der Waals surface area contributed by atoms with Crippen molar-refractivity contribution >= 4 is 46.1 Å². The molecule has 0 spiro atoms. The number of rotatable bonds is 7. The lowest BCUT2D eigenvalue weighted by atomic mass is 9.30. The van der Waals surface area contributed by atoms with Crippen molar-refractivity contribution in [2.24, 2.45) is 0 Å². The van der Waals surface area contributed by atoms with Crippen LogP contribution in [0.1, 0.15) is 0 Å². The third kappa shape index (κ3) is 5.77. The Labute approximate surface area is 307 Å². The quantitative estimate of drug-likeness (QED) is 0.157. The lowest BCUT2D eigenvalue weighted by molar-refractivity contribution is 1.05. The van der Waals surface area contributed by atoms with Gasteiger partial charge in [0, 0.05) is 40.0 Å². The number of hydrogen-bond acceptors (Lipinski definition) is 2. The van der Waals surface area contributed by atoms with Crippen LogP contribution in [0.4, 0.5) is 28.4 Å². The standard InChI is InChI=1S/C49H37BN2/c1-7-20-37(21-8-1)43-30-19-31-44(38-22-9-2-10-23-38)49(43)50-45-32-17-6-18-33-47(45)52(41-28-15-5-16-29-41)48-36-42(34-35-46(48)50)51(39-24-11-3-12-25-39)40-26-13-4-14-27-40/h1-36,45H. The highest BCUT2D eigenvalue weighted by Crippen LogP contribution is 2.45. The summed E-state index contributed by atoms with van der Waals surface area (Å²) in [6.07, 6.45) is 11.3. The van der Waals surface area contributed by atoms with Crippen LogP contribution in [0.25, 0.3) is 22.3 Å². The maximum atomic E-state index is 2.49. The van der Waals surface area contributed by atoms with Crippen molar-refractivity contribution in [2.75, 3.05) is 9.80 Å². The molecule has 0 fully saturated rings. The minimum absolute atomic E-state index is 0.0277. The number of hydrogen-bond donors (Lipinski definition) is 0. The molecule has 1 aliphatic heterocycles. The van der Waals surface area contributed by atoms with Crippen molar-refractivity contribution < 1.29 is 0 Å². The van der Waals surface area contributed by atoms with E-state index in [0.29, 0.717) is 0 Å². The molecule has 1 unspecified atom stereocenters. The summed E-state index contributed by atoms with van der Waals surface area (Å²) in [5.41, 5.74) is 14.5. The lowest BCUT2D eigenvalue weighted by Gasteiger charge is -2.43. The SMILES string of the molecule is C1=CC=C2C(C=C1)B(c1c(-c3ccccc3)cccc1-c1ccccc1)c1ccc(N(c3ccccc3)c3ccccc3)cc1N2c1ccccc1. The van der Waals surface area contributed by atoms with Gasteiger partial charge < -0.3 is 9.80 Å². The molecule has 9 rings (SSSR count). The van der Waals surface area contributed by atoms with Gasteiger partial charge in [0.1, 0.15) is 0 Å². The van der Waals surface area contributed by atoms with Crippen molar-refractivity contribution in [3.05, 3.63) is 224 Å². The predicted octanol–water partition coefficient (Wildman–Crippen LogP) is 11.6. The van der Waals surface area contributed by atoms with Gasteiger partial charge in [-0.05, 0) is 82.3 Å². The normalized spacial score (nSPS) is 14.6. The fraction of sp³-hybridized carbons (Fsp3) is 0.0204. The first kappa shape index (κ1) is 31.4. The largest absolute Gasteiger partial charge is 0.315 e. The van der Waals surface area contributed by atoms with Crippen molar-refractivity contribution in [3.63, 3.8) is 0 Å². The lowest BCUT2D eigenvalue weighted by Crippen LogP contribution is -2.54. The van der Waals surface area contributed by atoms with E-state index in [0.717, 1.165) is 22.7 Å². The van der Waals surface area contributed by atoms with Crippen LogP contribution in [0.5, 0.6) is 0 Å². The molecule has 1 atom stereocenters. The fourth-order valence-electron chi connectivity index (χ4n) is 8.02. The van der Waals surface area contributed by atoms with E-state index in [1.165, 1.54) is 44.6 Å². The average Bonchev–Trinajstić information content (AvgIpc) is 3.48. The Bertz CT molecular complexity index is 2310. The van der Waals surface area contributed by atoms with Crippen molar-refractivity contribution in [1.29, 1.82) is 0 Å². The van der Waals surface area contributed by atoms with Gasteiger partial charge in [-0.15, -0.1) is 0 Å². The third-order valence-corrected chi connectivity index (χ3v) is 10.2. The van der Waals surface area contributed by atoms with Crippen LogP contribution < -0.4 is 20.7 Å². The Morgan fingerprint density at radius 3 is 1.58 bits per heavy atom. The molecule has 0 bridgehead atoms. The summed E-state index contributed by atoms with van der Waals surface area (Å²) in [7, 11) is 0. The smallest absolute Gasteiger partial charge is 0.226 e. The van der Waals surface area contributed by atoms with E-state index in [2.05, 4.69) is 228 Å². The van der Waals surface area contributed by atoms with Gasteiger partial charge in [-0.2, -0.15) is 0 Å². The minimum Gasteiger partial charge on any atom is -0.315 e. The Morgan fingerprint density at radius 2 is 1.00 bits per heavy atom. The number of allylic oxidation sites excluding steroid dienone is 5. The molecular weight excluding hydrogens is 627 g/mol. The number of para-hydroxylation sites is 3. The van der Waals surface area contributed by atoms with E-state index in [4.69, 9.17) is 0 Å². The molecule has 0 radical (unpaired) electrons. The number of nitrogens with zero attached hydrogens (tertiary/aromatic N) is 2. The van der Waals surface area contributed by atoms with Crippen molar-refractivity contribution in [1.82, 2.24) is 0 Å². The molecule has 3 heteroatoms. The van der Waals surface area contributed by atoms with Crippen LogP contribution in [0, 0.1) is 0 Å². The molecule has 0 aromatic heterocycles. The summed E-state index contributed by atoms with van der Waals surface area (Å²) in [5.74, 6) is 0.0697. The van der Waals surface area contributed by atoms with Gasteiger partial charge in [0.05, 0.1) is 0 Å².